The number of anilines is 2. The minimum atomic E-state index is -0.202. The lowest BCUT2D eigenvalue weighted by Crippen LogP contribution is -2.44. The number of thiazole rings is 1. The van der Waals surface area contributed by atoms with Crippen LogP contribution >= 0.6 is 22.7 Å². The van der Waals surface area contributed by atoms with Gasteiger partial charge in [-0.15, -0.1) is 22.7 Å². The van der Waals surface area contributed by atoms with Gasteiger partial charge in [0.25, 0.3) is 5.91 Å². The minimum Gasteiger partial charge on any atom is -0.373 e. The first kappa shape index (κ1) is 19.5. The van der Waals surface area contributed by atoms with E-state index in [0.717, 1.165) is 38.2 Å². The van der Waals surface area contributed by atoms with E-state index in [1.54, 1.807) is 12.1 Å². The lowest BCUT2D eigenvalue weighted by atomic mass is 10.2. The Kier molecular flexibility index (Phi) is 5.77. The molecule has 2 aliphatic rings. The molecule has 0 aromatic carbocycles. The smallest absolute Gasteiger partial charge is 0.267 e. The van der Waals surface area contributed by atoms with Crippen LogP contribution < -0.4 is 10.6 Å². The highest BCUT2D eigenvalue weighted by atomic mass is 32.1. The van der Waals surface area contributed by atoms with Gasteiger partial charge in [-0.2, -0.15) is 0 Å². The second kappa shape index (κ2) is 8.28. The SMILES string of the molecule is CC1CN(Cc2csc(NC(=O)c3ccc(NC(=O)C4CC4)s3)n2)CC(C)O1. The summed E-state index contributed by atoms with van der Waals surface area (Å²) in [5, 5.41) is 9.01. The van der Waals surface area contributed by atoms with Gasteiger partial charge in [0.05, 0.1) is 27.8 Å². The summed E-state index contributed by atoms with van der Waals surface area (Å²) in [6, 6.07) is 3.50. The first-order valence-electron chi connectivity index (χ1n) is 9.50. The molecule has 1 aliphatic carbocycles. The Bertz CT molecular complexity index is 851. The van der Waals surface area contributed by atoms with Gasteiger partial charge >= 0.3 is 0 Å². The molecule has 0 radical (unpaired) electrons. The van der Waals surface area contributed by atoms with E-state index in [9.17, 15) is 9.59 Å². The van der Waals surface area contributed by atoms with Crippen LogP contribution in [0.15, 0.2) is 17.5 Å². The Hall–Kier alpha value is -1.81. The van der Waals surface area contributed by atoms with Crippen molar-refractivity contribution in [3.8, 4) is 0 Å². The van der Waals surface area contributed by atoms with Crippen LogP contribution in [0.3, 0.4) is 0 Å². The van der Waals surface area contributed by atoms with Crippen LogP contribution in [0.4, 0.5) is 10.1 Å². The molecule has 2 unspecified atom stereocenters. The number of hydrogen-bond donors (Lipinski definition) is 2. The van der Waals surface area contributed by atoms with Crippen LogP contribution in [0, 0.1) is 5.92 Å². The number of rotatable bonds is 6. The number of amides is 2. The van der Waals surface area contributed by atoms with Gasteiger partial charge < -0.3 is 10.1 Å². The summed E-state index contributed by atoms with van der Waals surface area (Å²) in [4.78, 5) is 31.7. The number of thiophene rings is 1. The lowest BCUT2D eigenvalue weighted by molar-refractivity contribution is -0.117. The van der Waals surface area contributed by atoms with Crippen molar-refractivity contribution in [3.05, 3.63) is 28.1 Å². The van der Waals surface area contributed by atoms with Crippen LogP contribution in [0.1, 0.15) is 42.1 Å². The molecule has 3 heterocycles. The Morgan fingerprint density at radius 2 is 1.96 bits per heavy atom. The summed E-state index contributed by atoms with van der Waals surface area (Å²) in [7, 11) is 0. The number of aromatic nitrogens is 1. The van der Waals surface area contributed by atoms with Crippen molar-refractivity contribution in [2.24, 2.45) is 5.92 Å². The van der Waals surface area contributed by atoms with Crippen molar-refractivity contribution < 1.29 is 14.3 Å². The maximum atomic E-state index is 12.5. The molecule has 2 amide bonds. The average molecular weight is 421 g/mol. The number of nitrogens with zero attached hydrogens (tertiary/aromatic N) is 2. The van der Waals surface area contributed by atoms with E-state index < -0.39 is 0 Å². The van der Waals surface area contributed by atoms with Crippen LogP contribution in [0.2, 0.25) is 0 Å². The van der Waals surface area contributed by atoms with Crippen molar-refractivity contribution in [1.82, 2.24) is 9.88 Å². The topological polar surface area (TPSA) is 83.6 Å². The molecule has 4 rings (SSSR count). The fraction of sp³-hybridized carbons (Fsp3) is 0.526. The summed E-state index contributed by atoms with van der Waals surface area (Å²) in [6.45, 7) is 6.68. The highest BCUT2D eigenvalue weighted by molar-refractivity contribution is 7.18. The minimum absolute atomic E-state index is 0.0464. The Morgan fingerprint density at radius 1 is 1.21 bits per heavy atom. The second-order valence-corrected chi connectivity index (χ2v) is 9.42. The maximum absolute atomic E-state index is 12.5. The van der Waals surface area contributed by atoms with Gasteiger partial charge in [-0.1, -0.05) is 0 Å². The second-order valence-electron chi connectivity index (χ2n) is 7.48. The fourth-order valence-corrected chi connectivity index (χ4v) is 4.84. The van der Waals surface area contributed by atoms with Gasteiger partial charge in [-0.3, -0.25) is 19.8 Å². The first-order chi connectivity index (χ1) is 13.5. The first-order valence-corrected chi connectivity index (χ1v) is 11.2. The van der Waals surface area contributed by atoms with Crippen LogP contribution in [-0.4, -0.2) is 47.0 Å². The molecule has 0 bridgehead atoms. The summed E-state index contributed by atoms with van der Waals surface area (Å²) in [5.74, 6) is -0.0119. The van der Waals surface area contributed by atoms with Crippen molar-refractivity contribution in [1.29, 1.82) is 0 Å². The molecule has 2 aromatic heterocycles. The van der Waals surface area contributed by atoms with Crippen molar-refractivity contribution in [3.63, 3.8) is 0 Å². The molecule has 150 valence electrons. The van der Waals surface area contributed by atoms with Gasteiger partial charge in [-0.05, 0) is 38.8 Å². The van der Waals surface area contributed by atoms with Crippen LogP contribution in [-0.2, 0) is 16.1 Å². The van der Waals surface area contributed by atoms with E-state index in [0.29, 0.717) is 15.0 Å². The number of morpholine rings is 1. The average Bonchev–Trinajstić information content (AvgIpc) is 3.23. The predicted molar refractivity (Wildman–Crippen MR) is 111 cm³/mol. The zero-order valence-corrected chi connectivity index (χ0v) is 17.6. The number of carbonyl (C=O) groups excluding carboxylic acids is 2. The molecular weight excluding hydrogens is 396 g/mol. The third-order valence-corrected chi connectivity index (χ3v) is 6.48. The quantitative estimate of drug-likeness (QED) is 0.748. The van der Waals surface area contributed by atoms with E-state index >= 15 is 0 Å². The Labute approximate surface area is 172 Å². The Morgan fingerprint density at radius 3 is 2.68 bits per heavy atom. The highest BCUT2D eigenvalue weighted by Gasteiger charge is 2.30. The molecular formula is C19H24N4O3S2. The molecule has 2 N–H and O–H groups in total. The zero-order valence-electron chi connectivity index (χ0n) is 15.9. The monoisotopic (exact) mass is 420 g/mol. The van der Waals surface area contributed by atoms with E-state index in [1.807, 2.05) is 5.38 Å². The van der Waals surface area contributed by atoms with E-state index in [1.165, 1.54) is 22.7 Å². The number of hydrogen-bond acceptors (Lipinski definition) is 7. The van der Waals surface area contributed by atoms with Crippen molar-refractivity contribution in [2.45, 2.75) is 45.4 Å². The molecule has 2 fully saturated rings. The number of carbonyl (C=O) groups is 2. The standard InChI is InChI=1S/C19H24N4O3S2/c1-11-7-23(8-12(2)26-11)9-14-10-27-19(20-14)22-18(25)15-5-6-16(28-15)21-17(24)13-3-4-13/h5-6,10-13H,3-4,7-9H2,1-2H3,(H,21,24)(H,20,22,25). The van der Waals surface area contributed by atoms with Gasteiger partial charge in [0.15, 0.2) is 5.13 Å². The lowest BCUT2D eigenvalue weighted by Gasteiger charge is -2.34. The molecule has 1 saturated heterocycles. The van der Waals surface area contributed by atoms with Crippen molar-refractivity contribution in [2.75, 3.05) is 23.7 Å². The third kappa shape index (κ3) is 4.96. The predicted octanol–water partition coefficient (Wildman–Crippen LogP) is 3.41. The zero-order chi connectivity index (χ0) is 19.7. The van der Waals surface area contributed by atoms with Gasteiger partial charge in [0.2, 0.25) is 5.91 Å². The van der Waals surface area contributed by atoms with Gasteiger partial charge in [0.1, 0.15) is 0 Å². The molecule has 7 nitrogen and oxygen atoms in total. The molecule has 2 aromatic rings. The van der Waals surface area contributed by atoms with Crippen LogP contribution in [0.5, 0.6) is 0 Å². The number of nitrogens with one attached hydrogen (secondary N) is 2. The highest BCUT2D eigenvalue weighted by Crippen LogP contribution is 2.32. The van der Waals surface area contributed by atoms with E-state index in [-0.39, 0.29) is 29.9 Å². The van der Waals surface area contributed by atoms with E-state index in [2.05, 4.69) is 34.4 Å². The summed E-state index contributed by atoms with van der Waals surface area (Å²) >= 11 is 2.71. The van der Waals surface area contributed by atoms with E-state index in [4.69, 9.17) is 4.74 Å². The van der Waals surface area contributed by atoms with Gasteiger partial charge in [0, 0.05) is 30.9 Å². The largest absolute Gasteiger partial charge is 0.373 e. The fourth-order valence-electron chi connectivity index (χ4n) is 3.33. The molecule has 0 spiro atoms. The van der Waals surface area contributed by atoms with Crippen molar-refractivity contribution >= 4 is 44.6 Å². The molecule has 9 heteroatoms. The molecule has 2 atom stereocenters. The van der Waals surface area contributed by atoms with Crippen LogP contribution in [0.25, 0.3) is 0 Å². The summed E-state index contributed by atoms with van der Waals surface area (Å²) < 4.78 is 5.76. The molecule has 1 aliphatic heterocycles. The normalized spacial score (nSPS) is 22.8. The molecule has 1 saturated carbocycles. The summed E-state index contributed by atoms with van der Waals surface area (Å²) in [5.41, 5.74) is 0.949. The summed E-state index contributed by atoms with van der Waals surface area (Å²) in [6.07, 6.45) is 2.35. The molecule has 28 heavy (non-hydrogen) atoms. The third-order valence-electron chi connectivity index (χ3n) is 4.68. The van der Waals surface area contributed by atoms with Gasteiger partial charge in [-0.25, -0.2) is 4.98 Å². The number of ether oxygens (including phenoxy) is 1. The Balaban J connectivity index is 1.31. The maximum Gasteiger partial charge on any atom is 0.267 e.